The summed E-state index contributed by atoms with van der Waals surface area (Å²) in [5.41, 5.74) is 1.14. The molecule has 2 rings (SSSR count). The molecule has 0 unspecified atom stereocenters. The van der Waals surface area contributed by atoms with E-state index in [0.717, 1.165) is 24.5 Å². The van der Waals surface area contributed by atoms with Crippen LogP contribution >= 0.6 is 11.6 Å². The lowest BCUT2D eigenvalue weighted by molar-refractivity contribution is 0.0845. The fraction of sp³-hybridized carbons (Fsp3) is 0.667. The maximum absolute atomic E-state index is 6.32. The summed E-state index contributed by atoms with van der Waals surface area (Å²) in [6, 6.07) is 2.70. The summed E-state index contributed by atoms with van der Waals surface area (Å²) >= 11 is 6.32. The topological polar surface area (TPSA) is 37.4 Å². The quantitative estimate of drug-likeness (QED) is 0.801. The molecule has 0 radical (unpaired) electrons. The summed E-state index contributed by atoms with van der Waals surface area (Å²) in [5, 5.41) is 4.16. The van der Waals surface area contributed by atoms with Crippen molar-refractivity contribution < 1.29 is 4.74 Å². The van der Waals surface area contributed by atoms with Crippen LogP contribution in [0.15, 0.2) is 12.3 Å². The van der Waals surface area contributed by atoms with Crippen molar-refractivity contribution in [1.82, 2.24) is 10.3 Å². The predicted molar refractivity (Wildman–Crippen MR) is 83.5 cm³/mol. The van der Waals surface area contributed by atoms with Gasteiger partial charge in [-0.2, -0.15) is 0 Å². The molecule has 0 spiro atoms. The first-order chi connectivity index (χ1) is 9.56. The Balaban J connectivity index is 1.86. The van der Waals surface area contributed by atoms with E-state index in [9.17, 15) is 0 Å². The van der Waals surface area contributed by atoms with Gasteiger partial charge in [-0.1, -0.05) is 11.6 Å². The van der Waals surface area contributed by atoms with Gasteiger partial charge >= 0.3 is 0 Å². The van der Waals surface area contributed by atoms with E-state index < -0.39 is 0 Å². The van der Waals surface area contributed by atoms with Gasteiger partial charge in [-0.15, -0.1) is 0 Å². The lowest BCUT2D eigenvalue weighted by Crippen LogP contribution is -2.25. The largest absolute Gasteiger partial charge is 0.377 e. The molecular weight excluding hydrogens is 274 g/mol. The minimum atomic E-state index is 0.253. The third kappa shape index (κ3) is 4.93. The van der Waals surface area contributed by atoms with Gasteiger partial charge in [-0.3, -0.25) is 0 Å². The van der Waals surface area contributed by atoms with Gasteiger partial charge in [0.1, 0.15) is 5.82 Å². The van der Waals surface area contributed by atoms with Crippen molar-refractivity contribution in [2.75, 3.05) is 25.1 Å². The second kappa shape index (κ2) is 7.25. The highest BCUT2D eigenvalue weighted by Gasteiger charge is 2.20. The number of aromatic nitrogens is 1. The van der Waals surface area contributed by atoms with E-state index in [2.05, 4.69) is 10.3 Å². The summed E-state index contributed by atoms with van der Waals surface area (Å²) in [6.45, 7) is 6.37. The third-order valence-electron chi connectivity index (χ3n) is 3.29. The molecule has 1 saturated carbocycles. The molecule has 0 aliphatic heterocycles. The van der Waals surface area contributed by atoms with Crippen molar-refractivity contribution in [3.05, 3.63) is 22.8 Å². The van der Waals surface area contributed by atoms with Crippen molar-refractivity contribution in [3.63, 3.8) is 0 Å². The Labute approximate surface area is 126 Å². The number of nitrogens with zero attached hydrogens (tertiary/aromatic N) is 2. The SMILES string of the molecule is CC(C)OCCN(C)c1ncc(CNC2CC2)cc1Cl. The van der Waals surface area contributed by atoms with Crippen LogP contribution in [0.2, 0.25) is 5.02 Å². The van der Waals surface area contributed by atoms with E-state index >= 15 is 0 Å². The molecule has 0 saturated heterocycles. The molecule has 1 aliphatic carbocycles. The Morgan fingerprint density at radius 2 is 2.25 bits per heavy atom. The van der Waals surface area contributed by atoms with Crippen molar-refractivity contribution >= 4 is 17.4 Å². The van der Waals surface area contributed by atoms with Crippen LogP contribution in [-0.2, 0) is 11.3 Å². The third-order valence-corrected chi connectivity index (χ3v) is 3.57. The number of anilines is 1. The Hall–Kier alpha value is -0.840. The van der Waals surface area contributed by atoms with Gasteiger partial charge in [0.05, 0.1) is 17.7 Å². The van der Waals surface area contributed by atoms with E-state index in [1.807, 2.05) is 38.1 Å². The minimum absolute atomic E-state index is 0.253. The van der Waals surface area contributed by atoms with Gasteiger partial charge in [0.25, 0.3) is 0 Å². The average molecular weight is 298 g/mol. The number of halogens is 1. The lowest BCUT2D eigenvalue weighted by atomic mass is 10.2. The molecule has 1 fully saturated rings. The smallest absolute Gasteiger partial charge is 0.147 e. The van der Waals surface area contributed by atoms with E-state index in [4.69, 9.17) is 16.3 Å². The molecule has 5 heteroatoms. The van der Waals surface area contributed by atoms with Gasteiger partial charge in [0.15, 0.2) is 0 Å². The highest BCUT2D eigenvalue weighted by atomic mass is 35.5. The summed E-state index contributed by atoms with van der Waals surface area (Å²) in [6.07, 6.45) is 4.73. The number of hydrogen-bond donors (Lipinski definition) is 1. The lowest BCUT2D eigenvalue weighted by Gasteiger charge is -2.20. The summed E-state index contributed by atoms with van der Waals surface area (Å²) in [4.78, 5) is 6.50. The second-order valence-electron chi connectivity index (χ2n) is 5.65. The number of likely N-dealkylation sites (N-methyl/N-ethyl adjacent to an activating group) is 1. The highest BCUT2D eigenvalue weighted by Crippen LogP contribution is 2.24. The van der Waals surface area contributed by atoms with Crippen LogP contribution in [0.5, 0.6) is 0 Å². The predicted octanol–water partition coefficient (Wildman–Crippen LogP) is 2.85. The van der Waals surface area contributed by atoms with Gasteiger partial charge in [-0.25, -0.2) is 4.98 Å². The summed E-state index contributed by atoms with van der Waals surface area (Å²) in [7, 11) is 1.99. The summed E-state index contributed by atoms with van der Waals surface area (Å²) in [5.74, 6) is 0.814. The van der Waals surface area contributed by atoms with Gasteiger partial charge < -0.3 is 15.0 Å². The molecule has 1 heterocycles. The van der Waals surface area contributed by atoms with Crippen molar-refractivity contribution in [2.45, 2.75) is 45.4 Å². The van der Waals surface area contributed by atoms with Gasteiger partial charge in [0, 0.05) is 32.4 Å². The minimum Gasteiger partial charge on any atom is -0.377 e. The number of ether oxygens (including phenoxy) is 1. The van der Waals surface area contributed by atoms with E-state index in [0.29, 0.717) is 17.7 Å². The molecule has 0 aromatic carbocycles. The first kappa shape index (κ1) is 15.5. The van der Waals surface area contributed by atoms with Crippen molar-refractivity contribution in [2.24, 2.45) is 0 Å². The molecule has 20 heavy (non-hydrogen) atoms. The van der Waals surface area contributed by atoms with E-state index in [1.54, 1.807) is 0 Å². The van der Waals surface area contributed by atoms with Crippen LogP contribution in [0.1, 0.15) is 32.3 Å². The fourth-order valence-electron chi connectivity index (χ4n) is 1.93. The van der Waals surface area contributed by atoms with Crippen LogP contribution in [0.4, 0.5) is 5.82 Å². The van der Waals surface area contributed by atoms with Crippen LogP contribution in [0.3, 0.4) is 0 Å². The number of pyridine rings is 1. The first-order valence-electron chi connectivity index (χ1n) is 7.27. The van der Waals surface area contributed by atoms with Gasteiger partial charge in [0.2, 0.25) is 0 Å². The fourth-order valence-corrected chi connectivity index (χ4v) is 2.26. The maximum Gasteiger partial charge on any atom is 0.147 e. The number of rotatable bonds is 8. The number of hydrogen-bond acceptors (Lipinski definition) is 4. The van der Waals surface area contributed by atoms with Crippen LogP contribution in [0, 0.1) is 0 Å². The molecule has 1 aromatic rings. The molecule has 0 amide bonds. The zero-order chi connectivity index (χ0) is 14.5. The molecule has 0 atom stereocenters. The monoisotopic (exact) mass is 297 g/mol. The van der Waals surface area contributed by atoms with Crippen molar-refractivity contribution in [3.8, 4) is 0 Å². The Kier molecular flexibility index (Phi) is 5.64. The second-order valence-corrected chi connectivity index (χ2v) is 6.05. The summed E-state index contributed by atoms with van der Waals surface area (Å²) < 4.78 is 5.55. The molecule has 4 nitrogen and oxygen atoms in total. The van der Waals surface area contributed by atoms with Crippen LogP contribution in [-0.4, -0.2) is 37.3 Å². The van der Waals surface area contributed by atoms with E-state index in [-0.39, 0.29) is 6.10 Å². The highest BCUT2D eigenvalue weighted by molar-refractivity contribution is 6.33. The molecule has 1 aromatic heterocycles. The maximum atomic E-state index is 6.32. The standard InChI is InChI=1S/C15H24ClN3O/c1-11(2)20-7-6-19(3)15-14(16)8-12(10-18-15)9-17-13-4-5-13/h8,10-11,13,17H,4-7,9H2,1-3H3. The Bertz CT molecular complexity index is 435. The zero-order valence-corrected chi connectivity index (χ0v) is 13.3. The van der Waals surface area contributed by atoms with Gasteiger partial charge in [-0.05, 0) is 38.3 Å². The average Bonchev–Trinajstić information content (AvgIpc) is 3.19. The molecule has 1 N–H and O–H groups in total. The Morgan fingerprint density at radius 1 is 1.50 bits per heavy atom. The zero-order valence-electron chi connectivity index (χ0n) is 12.5. The normalized spacial score (nSPS) is 14.8. The van der Waals surface area contributed by atoms with E-state index in [1.165, 1.54) is 12.8 Å². The van der Waals surface area contributed by atoms with Crippen LogP contribution < -0.4 is 10.2 Å². The molecule has 112 valence electrons. The molecule has 1 aliphatic rings. The first-order valence-corrected chi connectivity index (χ1v) is 7.64. The molecular formula is C15H24ClN3O. The van der Waals surface area contributed by atoms with Crippen LogP contribution in [0.25, 0.3) is 0 Å². The Morgan fingerprint density at radius 3 is 2.85 bits per heavy atom. The van der Waals surface area contributed by atoms with Crippen molar-refractivity contribution in [1.29, 1.82) is 0 Å². The number of nitrogens with one attached hydrogen (secondary N) is 1. The molecule has 0 bridgehead atoms.